The summed E-state index contributed by atoms with van der Waals surface area (Å²) in [4.78, 5) is 15.9. The second-order valence-corrected chi connectivity index (χ2v) is 4.97. The molecule has 6 heteroatoms. The van der Waals surface area contributed by atoms with Crippen molar-refractivity contribution in [3.63, 3.8) is 0 Å². The molecule has 0 aliphatic carbocycles. The Balaban J connectivity index is 2.28. The molecule has 3 aromatic rings. The van der Waals surface area contributed by atoms with Crippen molar-refractivity contribution in [3.05, 3.63) is 47.1 Å². The van der Waals surface area contributed by atoms with Gasteiger partial charge in [-0.05, 0) is 19.1 Å². The first-order valence-corrected chi connectivity index (χ1v) is 6.84. The van der Waals surface area contributed by atoms with Crippen molar-refractivity contribution in [2.24, 2.45) is 0 Å². The first kappa shape index (κ1) is 13.6. The van der Waals surface area contributed by atoms with E-state index in [9.17, 15) is 9.90 Å². The summed E-state index contributed by atoms with van der Waals surface area (Å²) in [6.45, 7) is 2.63. The maximum Gasteiger partial charge on any atom is 0.336 e. The summed E-state index contributed by atoms with van der Waals surface area (Å²) >= 11 is 6.17. The Morgan fingerprint density at radius 3 is 2.81 bits per heavy atom. The minimum Gasteiger partial charge on any atom is -0.478 e. The van der Waals surface area contributed by atoms with Crippen LogP contribution in [0.5, 0.6) is 0 Å². The van der Waals surface area contributed by atoms with Crippen LogP contribution in [0.4, 0.5) is 0 Å². The van der Waals surface area contributed by atoms with Gasteiger partial charge in [-0.25, -0.2) is 9.78 Å². The van der Waals surface area contributed by atoms with E-state index in [-0.39, 0.29) is 5.56 Å². The molecule has 1 N–H and O–H groups in total. The number of aromatic carboxylic acids is 1. The molecule has 2 aromatic heterocycles. The maximum absolute atomic E-state index is 11.5. The van der Waals surface area contributed by atoms with Crippen LogP contribution in [0, 0.1) is 0 Å². The zero-order chi connectivity index (χ0) is 15.0. The van der Waals surface area contributed by atoms with Crippen LogP contribution in [-0.4, -0.2) is 25.8 Å². The lowest BCUT2D eigenvalue weighted by Gasteiger charge is -2.05. The highest BCUT2D eigenvalue weighted by atomic mass is 35.5. The average Bonchev–Trinajstić information content (AvgIpc) is 2.87. The molecule has 0 aliphatic heterocycles. The Bertz CT molecular complexity index is 842. The quantitative estimate of drug-likeness (QED) is 0.804. The number of pyridine rings is 1. The number of aromatic nitrogens is 3. The second-order valence-electron chi connectivity index (χ2n) is 4.56. The van der Waals surface area contributed by atoms with E-state index in [0.29, 0.717) is 33.9 Å². The molecule has 0 amide bonds. The fourth-order valence-electron chi connectivity index (χ4n) is 2.21. The SMILES string of the molecule is CCn1cc(Cl)c(-c2cc(C(=O)O)c3ccccc3n2)n1. The summed E-state index contributed by atoms with van der Waals surface area (Å²) in [5, 5.41) is 14.8. The summed E-state index contributed by atoms with van der Waals surface area (Å²) in [5.74, 6) is -0.999. The molecule has 0 saturated carbocycles. The highest BCUT2D eigenvalue weighted by Gasteiger charge is 2.16. The third-order valence-electron chi connectivity index (χ3n) is 3.23. The number of fused-ring (bicyclic) bond motifs is 1. The summed E-state index contributed by atoms with van der Waals surface area (Å²) < 4.78 is 1.69. The first-order chi connectivity index (χ1) is 10.1. The molecule has 0 atom stereocenters. The molecular formula is C15H12ClN3O2. The molecule has 0 radical (unpaired) electrons. The van der Waals surface area contributed by atoms with Gasteiger partial charge in [0.25, 0.3) is 0 Å². The van der Waals surface area contributed by atoms with Gasteiger partial charge in [-0.1, -0.05) is 29.8 Å². The van der Waals surface area contributed by atoms with Gasteiger partial charge in [0.15, 0.2) is 0 Å². The van der Waals surface area contributed by atoms with E-state index >= 15 is 0 Å². The number of rotatable bonds is 3. The lowest BCUT2D eigenvalue weighted by molar-refractivity contribution is 0.0699. The highest BCUT2D eigenvalue weighted by molar-refractivity contribution is 6.33. The molecule has 0 saturated heterocycles. The molecule has 2 heterocycles. The number of hydrogen-bond donors (Lipinski definition) is 1. The van der Waals surface area contributed by atoms with E-state index in [1.807, 2.05) is 13.0 Å². The monoisotopic (exact) mass is 301 g/mol. The van der Waals surface area contributed by atoms with Crippen molar-refractivity contribution in [2.75, 3.05) is 0 Å². The van der Waals surface area contributed by atoms with Gasteiger partial charge in [0, 0.05) is 18.1 Å². The van der Waals surface area contributed by atoms with Gasteiger partial charge in [-0.2, -0.15) is 5.10 Å². The molecule has 5 nitrogen and oxygen atoms in total. The molecule has 3 rings (SSSR count). The third-order valence-corrected chi connectivity index (χ3v) is 3.51. The van der Waals surface area contributed by atoms with Crippen molar-refractivity contribution in [3.8, 4) is 11.4 Å². The van der Waals surface area contributed by atoms with Gasteiger partial charge in [0.05, 0.1) is 21.8 Å². The lowest BCUT2D eigenvalue weighted by atomic mass is 10.1. The van der Waals surface area contributed by atoms with Crippen LogP contribution in [-0.2, 0) is 6.54 Å². The molecule has 106 valence electrons. The summed E-state index contributed by atoms with van der Waals surface area (Å²) in [6, 6.07) is 8.63. The summed E-state index contributed by atoms with van der Waals surface area (Å²) in [6.07, 6.45) is 1.70. The smallest absolute Gasteiger partial charge is 0.336 e. The maximum atomic E-state index is 11.5. The first-order valence-electron chi connectivity index (χ1n) is 6.46. The third kappa shape index (κ3) is 2.36. The topological polar surface area (TPSA) is 68.0 Å². The van der Waals surface area contributed by atoms with Gasteiger partial charge in [0.2, 0.25) is 0 Å². The molecule has 0 spiro atoms. The molecule has 21 heavy (non-hydrogen) atoms. The number of carboxylic acid groups (broad SMARTS) is 1. The Morgan fingerprint density at radius 2 is 2.14 bits per heavy atom. The fourth-order valence-corrected chi connectivity index (χ4v) is 2.45. The summed E-state index contributed by atoms with van der Waals surface area (Å²) in [7, 11) is 0. The number of hydrogen-bond acceptors (Lipinski definition) is 3. The second kappa shape index (κ2) is 5.18. The fraction of sp³-hybridized carbons (Fsp3) is 0.133. The standard InChI is InChI=1S/C15H12ClN3O2/c1-2-19-8-11(16)14(18-19)13-7-10(15(20)21)9-5-3-4-6-12(9)17-13/h3-8H,2H2,1H3,(H,20,21). The predicted octanol–water partition coefficient (Wildman–Crippen LogP) is 3.47. The lowest BCUT2D eigenvalue weighted by Crippen LogP contribution is -2.01. The minimum atomic E-state index is -0.999. The van der Waals surface area contributed by atoms with E-state index in [1.165, 1.54) is 6.07 Å². The van der Waals surface area contributed by atoms with Crippen molar-refractivity contribution >= 4 is 28.5 Å². The number of benzene rings is 1. The van der Waals surface area contributed by atoms with E-state index in [0.717, 1.165) is 0 Å². The molecule has 0 aliphatic rings. The van der Waals surface area contributed by atoms with Crippen molar-refractivity contribution in [2.45, 2.75) is 13.5 Å². The van der Waals surface area contributed by atoms with Crippen LogP contribution in [0.25, 0.3) is 22.3 Å². The van der Waals surface area contributed by atoms with Crippen LogP contribution in [0.1, 0.15) is 17.3 Å². The minimum absolute atomic E-state index is 0.192. The number of carbonyl (C=O) groups is 1. The van der Waals surface area contributed by atoms with Gasteiger partial charge in [0.1, 0.15) is 5.69 Å². The van der Waals surface area contributed by atoms with E-state index in [4.69, 9.17) is 11.6 Å². The number of halogens is 1. The number of nitrogens with zero attached hydrogens (tertiary/aromatic N) is 3. The number of aryl methyl sites for hydroxylation is 1. The normalized spacial score (nSPS) is 11.0. The van der Waals surface area contributed by atoms with Crippen LogP contribution < -0.4 is 0 Å². The van der Waals surface area contributed by atoms with Gasteiger partial charge in [-0.15, -0.1) is 0 Å². The summed E-state index contributed by atoms with van der Waals surface area (Å²) in [5.41, 5.74) is 1.75. The zero-order valence-electron chi connectivity index (χ0n) is 11.2. The van der Waals surface area contributed by atoms with Crippen molar-refractivity contribution < 1.29 is 9.90 Å². The van der Waals surface area contributed by atoms with Crippen LogP contribution >= 0.6 is 11.6 Å². The van der Waals surface area contributed by atoms with E-state index in [2.05, 4.69) is 10.1 Å². The Morgan fingerprint density at radius 1 is 1.38 bits per heavy atom. The van der Waals surface area contributed by atoms with Gasteiger partial charge >= 0.3 is 5.97 Å². The highest BCUT2D eigenvalue weighted by Crippen LogP contribution is 2.28. The Labute approximate surface area is 125 Å². The van der Waals surface area contributed by atoms with Crippen LogP contribution in [0.2, 0.25) is 5.02 Å². The van der Waals surface area contributed by atoms with Crippen LogP contribution in [0.15, 0.2) is 36.5 Å². The Hall–Kier alpha value is -2.40. The molecule has 1 aromatic carbocycles. The number of para-hydroxylation sites is 1. The van der Waals surface area contributed by atoms with E-state index in [1.54, 1.807) is 29.1 Å². The molecule has 0 bridgehead atoms. The molecular weight excluding hydrogens is 290 g/mol. The van der Waals surface area contributed by atoms with Gasteiger partial charge in [-0.3, -0.25) is 4.68 Å². The van der Waals surface area contributed by atoms with Gasteiger partial charge < -0.3 is 5.11 Å². The van der Waals surface area contributed by atoms with Crippen LogP contribution in [0.3, 0.4) is 0 Å². The predicted molar refractivity (Wildman–Crippen MR) is 80.6 cm³/mol. The Kier molecular flexibility index (Phi) is 3.35. The number of carboxylic acids is 1. The van der Waals surface area contributed by atoms with E-state index < -0.39 is 5.97 Å². The van der Waals surface area contributed by atoms with Crippen molar-refractivity contribution in [1.29, 1.82) is 0 Å². The molecule has 0 fully saturated rings. The zero-order valence-corrected chi connectivity index (χ0v) is 12.0. The van der Waals surface area contributed by atoms with Crippen molar-refractivity contribution in [1.82, 2.24) is 14.8 Å². The largest absolute Gasteiger partial charge is 0.478 e. The average molecular weight is 302 g/mol. The molecule has 0 unspecified atom stereocenters.